The van der Waals surface area contributed by atoms with Crippen molar-refractivity contribution < 1.29 is 14.3 Å². The van der Waals surface area contributed by atoms with E-state index in [1.807, 2.05) is 19.1 Å². The molecule has 24 heavy (non-hydrogen) atoms. The summed E-state index contributed by atoms with van der Waals surface area (Å²) in [4.78, 5) is 26.9. The van der Waals surface area contributed by atoms with Gasteiger partial charge in [0.05, 0.1) is 13.3 Å². The van der Waals surface area contributed by atoms with Crippen LogP contribution in [-0.4, -0.2) is 30.3 Å². The van der Waals surface area contributed by atoms with Gasteiger partial charge in [0.1, 0.15) is 11.3 Å². The van der Waals surface area contributed by atoms with E-state index >= 15 is 0 Å². The second-order valence-electron chi connectivity index (χ2n) is 5.59. The summed E-state index contributed by atoms with van der Waals surface area (Å²) in [5.74, 6) is 0.268. The van der Waals surface area contributed by atoms with Crippen molar-refractivity contribution in [2.24, 2.45) is 5.10 Å². The highest BCUT2D eigenvalue weighted by atomic mass is 32.1. The number of imide groups is 1. The van der Waals surface area contributed by atoms with E-state index in [1.54, 1.807) is 49.6 Å². The molecule has 1 aromatic carbocycles. The van der Waals surface area contributed by atoms with E-state index in [1.165, 1.54) is 6.21 Å². The molecule has 6 nitrogen and oxygen atoms in total. The van der Waals surface area contributed by atoms with E-state index in [9.17, 15) is 9.59 Å². The average molecular weight is 343 g/mol. The predicted octanol–water partition coefficient (Wildman–Crippen LogP) is 2.87. The summed E-state index contributed by atoms with van der Waals surface area (Å²) < 4.78 is 5.12. The molecule has 1 atom stereocenters. The minimum atomic E-state index is -1.15. The topological polar surface area (TPSA) is 71.0 Å². The number of benzene rings is 1. The third kappa shape index (κ3) is 2.78. The van der Waals surface area contributed by atoms with Crippen LogP contribution in [0.15, 0.2) is 41.5 Å². The van der Waals surface area contributed by atoms with E-state index < -0.39 is 17.5 Å². The number of methoxy groups -OCH3 is 1. The van der Waals surface area contributed by atoms with Crippen LogP contribution in [0.1, 0.15) is 22.2 Å². The first kappa shape index (κ1) is 16.2. The maximum atomic E-state index is 12.7. The number of amides is 3. The van der Waals surface area contributed by atoms with E-state index in [0.29, 0.717) is 11.3 Å². The Morgan fingerprint density at radius 2 is 1.92 bits per heavy atom. The molecule has 0 bridgehead atoms. The van der Waals surface area contributed by atoms with Crippen LogP contribution in [0.5, 0.6) is 5.75 Å². The third-order valence-corrected chi connectivity index (χ3v) is 4.83. The van der Waals surface area contributed by atoms with Crippen molar-refractivity contribution in [1.29, 1.82) is 0 Å². The van der Waals surface area contributed by atoms with Crippen molar-refractivity contribution in [3.05, 3.63) is 51.7 Å². The summed E-state index contributed by atoms with van der Waals surface area (Å²) in [6, 6.07) is 10.3. The van der Waals surface area contributed by atoms with Crippen LogP contribution < -0.4 is 10.1 Å². The van der Waals surface area contributed by atoms with E-state index in [0.717, 1.165) is 14.8 Å². The van der Waals surface area contributed by atoms with Gasteiger partial charge in [-0.05, 0) is 43.7 Å². The quantitative estimate of drug-likeness (QED) is 0.685. The Balaban J connectivity index is 1.85. The molecule has 1 aromatic heterocycles. The minimum Gasteiger partial charge on any atom is -0.497 e. The van der Waals surface area contributed by atoms with E-state index in [4.69, 9.17) is 4.74 Å². The molecule has 124 valence electrons. The molecule has 3 amide bonds. The normalized spacial score (nSPS) is 20.7. The highest BCUT2D eigenvalue weighted by Gasteiger charge is 2.49. The molecule has 0 spiro atoms. The minimum absolute atomic E-state index is 0.415. The van der Waals surface area contributed by atoms with Crippen molar-refractivity contribution >= 4 is 29.5 Å². The number of ether oxygens (including phenoxy) is 1. The number of hydrogen-bond donors (Lipinski definition) is 1. The van der Waals surface area contributed by atoms with Gasteiger partial charge in [-0.2, -0.15) is 5.10 Å². The van der Waals surface area contributed by atoms with Gasteiger partial charge in [-0.15, -0.1) is 16.3 Å². The molecule has 0 radical (unpaired) electrons. The summed E-state index contributed by atoms with van der Waals surface area (Å²) >= 11 is 1.54. The van der Waals surface area contributed by atoms with Gasteiger partial charge < -0.3 is 10.1 Å². The number of carbonyl (C=O) groups excluding carboxylic acids is 2. The summed E-state index contributed by atoms with van der Waals surface area (Å²) in [5.41, 5.74) is -0.474. The van der Waals surface area contributed by atoms with Gasteiger partial charge >= 0.3 is 6.03 Å². The zero-order valence-corrected chi connectivity index (χ0v) is 14.4. The summed E-state index contributed by atoms with van der Waals surface area (Å²) in [6.45, 7) is 3.65. The number of urea groups is 1. The molecule has 0 unspecified atom stereocenters. The lowest BCUT2D eigenvalue weighted by Crippen LogP contribution is -2.40. The monoisotopic (exact) mass is 343 g/mol. The number of hydrazone groups is 1. The van der Waals surface area contributed by atoms with Gasteiger partial charge in [0, 0.05) is 9.75 Å². The Labute approximate surface area is 143 Å². The zero-order valence-electron chi connectivity index (χ0n) is 13.6. The molecule has 1 saturated heterocycles. The molecule has 1 aliphatic heterocycles. The zero-order chi connectivity index (χ0) is 17.3. The van der Waals surface area contributed by atoms with Gasteiger partial charge in [0.25, 0.3) is 5.91 Å². The van der Waals surface area contributed by atoms with Gasteiger partial charge in [0.2, 0.25) is 0 Å². The molecule has 1 aliphatic rings. The van der Waals surface area contributed by atoms with Gasteiger partial charge in [0.15, 0.2) is 0 Å². The maximum absolute atomic E-state index is 12.7. The smallest absolute Gasteiger partial charge is 0.346 e. The Kier molecular flexibility index (Phi) is 4.11. The molecule has 0 aliphatic carbocycles. The first-order valence-corrected chi connectivity index (χ1v) is 8.17. The first-order valence-electron chi connectivity index (χ1n) is 7.36. The Hall–Kier alpha value is -2.67. The number of hydrogen-bond acceptors (Lipinski definition) is 5. The van der Waals surface area contributed by atoms with E-state index in [2.05, 4.69) is 10.4 Å². The SMILES string of the molecule is COc1ccc([C@@]2(C)NC(=O)N(/N=C\c3ccc(C)s3)C2=O)cc1. The largest absolute Gasteiger partial charge is 0.497 e. The highest BCUT2D eigenvalue weighted by Crippen LogP contribution is 2.30. The van der Waals surface area contributed by atoms with Gasteiger partial charge in [-0.1, -0.05) is 12.1 Å². The van der Waals surface area contributed by atoms with Crippen molar-refractivity contribution in [1.82, 2.24) is 10.3 Å². The molecule has 7 heteroatoms. The predicted molar refractivity (Wildman–Crippen MR) is 92.4 cm³/mol. The highest BCUT2D eigenvalue weighted by molar-refractivity contribution is 7.13. The first-order chi connectivity index (χ1) is 11.4. The Morgan fingerprint density at radius 1 is 1.21 bits per heavy atom. The molecule has 0 saturated carbocycles. The van der Waals surface area contributed by atoms with Crippen LogP contribution in [0.2, 0.25) is 0 Å². The number of aryl methyl sites for hydroxylation is 1. The fraction of sp³-hybridized carbons (Fsp3) is 0.235. The average Bonchev–Trinajstić information content (AvgIpc) is 3.08. The van der Waals surface area contributed by atoms with Crippen molar-refractivity contribution in [2.45, 2.75) is 19.4 Å². The van der Waals surface area contributed by atoms with Crippen LogP contribution in [-0.2, 0) is 10.3 Å². The fourth-order valence-corrected chi connectivity index (χ4v) is 3.23. The van der Waals surface area contributed by atoms with Crippen LogP contribution in [0, 0.1) is 6.92 Å². The molecule has 1 fully saturated rings. The van der Waals surface area contributed by atoms with Gasteiger partial charge in [-0.25, -0.2) is 4.79 Å². The fourth-order valence-electron chi connectivity index (χ4n) is 2.49. The second kappa shape index (κ2) is 6.09. The second-order valence-corrected chi connectivity index (χ2v) is 6.91. The standard InChI is InChI=1S/C17H17N3O3S/c1-11-4-9-14(24-11)10-18-20-15(21)17(2,19-16(20)22)12-5-7-13(23-3)8-6-12/h4-10H,1-3H3,(H,19,22)/b18-10-/t17-/m1/s1. The number of nitrogens with zero attached hydrogens (tertiary/aromatic N) is 2. The summed E-state index contributed by atoms with van der Waals surface area (Å²) in [7, 11) is 1.57. The van der Waals surface area contributed by atoms with E-state index in [-0.39, 0.29) is 0 Å². The van der Waals surface area contributed by atoms with Crippen molar-refractivity contribution in [3.8, 4) is 5.75 Å². The molecule has 3 rings (SSSR count). The summed E-state index contributed by atoms with van der Waals surface area (Å²) in [6.07, 6.45) is 1.52. The van der Waals surface area contributed by atoms with Crippen molar-refractivity contribution in [2.75, 3.05) is 7.11 Å². The summed E-state index contributed by atoms with van der Waals surface area (Å²) in [5, 5.41) is 7.64. The van der Waals surface area contributed by atoms with Crippen molar-refractivity contribution in [3.63, 3.8) is 0 Å². The molecule has 2 heterocycles. The number of thiophene rings is 1. The number of rotatable bonds is 4. The molecular formula is C17H17N3O3S. The molecule has 2 aromatic rings. The van der Waals surface area contributed by atoms with Crippen LogP contribution in [0.3, 0.4) is 0 Å². The Bertz CT molecular complexity index is 813. The van der Waals surface area contributed by atoms with Crippen LogP contribution in [0.4, 0.5) is 4.79 Å². The molecule has 1 N–H and O–H groups in total. The maximum Gasteiger partial charge on any atom is 0.346 e. The van der Waals surface area contributed by atoms with Crippen LogP contribution in [0.25, 0.3) is 0 Å². The number of nitrogens with one attached hydrogen (secondary N) is 1. The Morgan fingerprint density at radius 3 is 2.50 bits per heavy atom. The lowest BCUT2D eigenvalue weighted by Gasteiger charge is -2.21. The number of carbonyl (C=O) groups is 2. The lowest BCUT2D eigenvalue weighted by molar-refractivity contribution is -0.131. The lowest BCUT2D eigenvalue weighted by atomic mass is 9.92. The van der Waals surface area contributed by atoms with Crippen LogP contribution >= 0.6 is 11.3 Å². The molecular weight excluding hydrogens is 326 g/mol. The third-order valence-electron chi connectivity index (χ3n) is 3.90. The van der Waals surface area contributed by atoms with Gasteiger partial charge in [-0.3, -0.25) is 4.79 Å².